The summed E-state index contributed by atoms with van der Waals surface area (Å²) in [6.07, 6.45) is 1.53. The molecule has 1 aliphatic rings. The van der Waals surface area contributed by atoms with Crippen molar-refractivity contribution in [2.75, 3.05) is 41.9 Å². The number of phenols is 1. The van der Waals surface area contributed by atoms with E-state index in [4.69, 9.17) is 4.74 Å². The van der Waals surface area contributed by atoms with E-state index >= 15 is 0 Å². The molecule has 0 radical (unpaired) electrons. The summed E-state index contributed by atoms with van der Waals surface area (Å²) in [5.41, 5.74) is 5.50. The van der Waals surface area contributed by atoms with Crippen molar-refractivity contribution in [3.63, 3.8) is 0 Å². The summed E-state index contributed by atoms with van der Waals surface area (Å²) in [5, 5.41) is 17.4. The van der Waals surface area contributed by atoms with E-state index in [0.717, 1.165) is 9.26 Å². The fraction of sp³-hybridized carbons (Fsp3) is 0.238. The molecule has 0 spiro atoms. The Balaban J connectivity index is 1.58. The first-order valence-corrected chi connectivity index (χ1v) is 10.8. The highest BCUT2D eigenvalue weighted by Crippen LogP contribution is 2.20. The van der Waals surface area contributed by atoms with E-state index in [9.17, 15) is 5.11 Å². The third-order valence-electron chi connectivity index (χ3n) is 4.58. The third-order valence-corrected chi connectivity index (χ3v) is 5.25. The van der Waals surface area contributed by atoms with Crippen LogP contribution in [0.4, 0.5) is 23.5 Å². The minimum atomic E-state index is 0.150. The number of nitrogens with zero attached hydrogens (tertiary/aromatic N) is 5. The lowest BCUT2D eigenvalue weighted by atomic mass is 10.2. The molecule has 160 valence electrons. The van der Waals surface area contributed by atoms with Gasteiger partial charge in [-0.25, -0.2) is 5.43 Å². The van der Waals surface area contributed by atoms with Crippen molar-refractivity contribution in [3.05, 3.63) is 57.2 Å². The van der Waals surface area contributed by atoms with E-state index in [1.165, 1.54) is 11.8 Å². The maximum atomic E-state index is 9.98. The van der Waals surface area contributed by atoms with Gasteiger partial charge < -0.3 is 20.1 Å². The number of anilines is 4. The van der Waals surface area contributed by atoms with Crippen LogP contribution in [0.25, 0.3) is 0 Å². The largest absolute Gasteiger partial charge is 0.507 e. The summed E-state index contributed by atoms with van der Waals surface area (Å²) >= 11 is 2.18. The number of morpholine rings is 1. The molecule has 31 heavy (non-hydrogen) atoms. The Bertz CT molecular complexity index is 1070. The molecule has 0 unspecified atom stereocenters. The highest BCUT2D eigenvalue weighted by Gasteiger charge is 2.16. The quantitative estimate of drug-likeness (QED) is 0.252. The van der Waals surface area contributed by atoms with Gasteiger partial charge in [0.2, 0.25) is 17.8 Å². The number of aromatic nitrogens is 3. The third kappa shape index (κ3) is 5.79. The van der Waals surface area contributed by atoms with E-state index in [2.05, 4.69) is 53.4 Å². The summed E-state index contributed by atoms with van der Waals surface area (Å²) in [6, 6.07) is 13.3. The number of benzene rings is 2. The van der Waals surface area contributed by atoms with Crippen LogP contribution < -0.4 is 15.6 Å². The van der Waals surface area contributed by atoms with E-state index in [1.54, 1.807) is 6.07 Å². The summed E-state index contributed by atoms with van der Waals surface area (Å²) in [5.74, 6) is 1.41. The van der Waals surface area contributed by atoms with Gasteiger partial charge in [-0.15, -0.1) is 0 Å². The zero-order chi connectivity index (χ0) is 21.6. The second-order valence-electron chi connectivity index (χ2n) is 6.95. The van der Waals surface area contributed by atoms with Crippen LogP contribution in [0.5, 0.6) is 5.75 Å². The van der Waals surface area contributed by atoms with E-state index in [-0.39, 0.29) is 5.75 Å². The zero-order valence-corrected chi connectivity index (χ0v) is 19.1. The summed E-state index contributed by atoms with van der Waals surface area (Å²) in [4.78, 5) is 15.6. The highest BCUT2D eigenvalue weighted by molar-refractivity contribution is 14.1. The van der Waals surface area contributed by atoms with Crippen molar-refractivity contribution in [2.45, 2.75) is 6.92 Å². The maximum absolute atomic E-state index is 9.98. The summed E-state index contributed by atoms with van der Waals surface area (Å²) in [6.45, 7) is 4.69. The van der Waals surface area contributed by atoms with Crippen LogP contribution in [-0.2, 0) is 4.74 Å². The Hall–Kier alpha value is -2.99. The fourth-order valence-corrected chi connectivity index (χ4v) is 3.45. The number of phenolic OH excluding ortho intramolecular Hbond substituents is 1. The first-order valence-electron chi connectivity index (χ1n) is 9.77. The van der Waals surface area contributed by atoms with Crippen LogP contribution in [-0.4, -0.2) is 52.6 Å². The molecule has 0 saturated carbocycles. The van der Waals surface area contributed by atoms with Gasteiger partial charge in [0.25, 0.3) is 0 Å². The van der Waals surface area contributed by atoms with Crippen LogP contribution in [0.3, 0.4) is 0 Å². The number of aryl methyl sites for hydroxylation is 1. The molecule has 1 fully saturated rings. The molecule has 1 saturated heterocycles. The first kappa shape index (κ1) is 21.2. The van der Waals surface area contributed by atoms with Crippen molar-refractivity contribution >= 4 is 52.3 Å². The number of hydrogen-bond donors (Lipinski definition) is 3. The molecule has 3 aromatic rings. The Morgan fingerprint density at radius 1 is 1.06 bits per heavy atom. The topological polar surface area (TPSA) is 108 Å². The molecule has 0 atom stereocenters. The number of hydrogen-bond acceptors (Lipinski definition) is 9. The molecule has 1 aromatic heterocycles. The minimum absolute atomic E-state index is 0.150. The molecule has 4 rings (SSSR count). The predicted octanol–water partition coefficient (Wildman–Crippen LogP) is 3.52. The second-order valence-corrected chi connectivity index (χ2v) is 8.19. The molecule has 0 aliphatic carbocycles. The normalized spacial score (nSPS) is 14.1. The van der Waals surface area contributed by atoms with Gasteiger partial charge >= 0.3 is 0 Å². The Morgan fingerprint density at radius 3 is 2.58 bits per heavy atom. The van der Waals surface area contributed by atoms with Gasteiger partial charge in [0, 0.05) is 27.9 Å². The van der Waals surface area contributed by atoms with Crippen LogP contribution in [0, 0.1) is 10.5 Å². The monoisotopic (exact) mass is 531 g/mol. The van der Waals surface area contributed by atoms with Crippen molar-refractivity contribution in [2.24, 2.45) is 5.10 Å². The molecular formula is C21H22IN7O2. The van der Waals surface area contributed by atoms with Gasteiger partial charge in [-0.1, -0.05) is 17.7 Å². The molecule has 0 bridgehead atoms. The average molecular weight is 531 g/mol. The number of aromatic hydroxyl groups is 1. The smallest absolute Gasteiger partial charge is 0.250 e. The molecule has 0 amide bonds. The van der Waals surface area contributed by atoms with Gasteiger partial charge in [-0.3, -0.25) is 0 Å². The Morgan fingerprint density at radius 2 is 1.81 bits per heavy atom. The predicted molar refractivity (Wildman–Crippen MR) is 129 cm³/mol. The van der Waals surface area contributed by atoms with Crippen molar-refractivity contribution in [1.82, 2.24) is 15.0 Å². The Labute approximate surface area is 193 Å². The number of halogens is 1. The lowest BCUT2D eigenvalue weighted by Gasteiger charge is -2.27. The van der Waals surface area contributed by atoms with Gasteiger partial charge in [0.05, 0.1) is 19.4 Å². The van der Waals surface area contributed by atoms with E-state index in [0.29, 0.717) is 49.7 Å². The first-order chi connectivity index (χ1) is 15.1. The lowest BCUT2D eigenvalue weighted by Crippen LogP contribution is -2.37. The lowest BCUT2D eigenvalue weighted by molar-refractivity contribution is 0.122. The van der Waals surface area contributed by atoms with Crippen molar-refractivity contribution in [3.8, 4) is 5.75 Å². The molecular weight excluding hydrogens is 509 g/mol. The average Bonchev–Trinajstić information content (AvgIpc) is 2.78. The van der Waals surface area contributed by atoms with Crippen LogP contribution in [0.15, 0.2) is 47.6 Å². The minimum Gasteiger partial charge on any atom is -0.507 e. The van der Waals surface area contributed by atoms with Crippen LogP contribution in [0.1, 0.15) is 11.1 Å². The molecule has 10 heteroatoms. The standard InChI is InChI=1S/C21H22IN7O2/c1-14-2-5-17(6-3-14)24-19-25-20(27-21(26-19)29-8-10-31-11-9-29)28-23-13-15-12-16(22)4-7-18(15)30/h2-7,12-13,30H,8-11H2,1H3,(H2,24,25,26,27,28). The number of rotatable bonds is 6. The molecule has 3 N–H and O–H groups in total. The maximum Gasteiger partial charge on any atom is 0.250 e. The highest BCUT2D eigenvalue weighted by atomic mass is 127. The van der Waals surface area contributed by atoms with Gasteiger partial charge in [-0.2, -0.15) is 20.1 Å². The van der Waals surface area contributed by atoms with Crippen molar-refractivity contribution < 1.29 is 9.84 Å². The summed E-state index contributed by atoms with van der Waals surface area (Å²) in [7, 11) is 0. The summed E-state index contributed by atoms with van der Waals surface area (Å²) < 4.78 is 6.43. The molecule has 9 nitrogen and oxygen atoms in total. The van der Waals surface area contributed by atoms with Crippen molar-refractivity contribution in [1.29, 1.82) is 0 Å². The van der Waals surface area contributed by atoms with Gasteiger partial charge in [0.15, 0.2) is 0 Å². The molecule has 2 aromatic carbocycles. The van der Waals surface area contributed by atoms with Gasteiger partial charge in [0.1, 0.15) is 5.75 Å². The van der Waals surface area contributed by atoms with E-state index < -0.39 is 0 Å². The van der Waals surface area contributed by atoms with Gasteiger partial charge in [-0.05, 0) is 59.8 Å². The Kier molecular flexibility index (Phi) is 6.77. The number of hydrazone groups is 1. The van der Waals surface area contributed by atoms with Crippen LogP contribution in [0.2, 0.25) is 0 Å². The molecule has 1 aliphatic heterocycles. The fourth-order valence-electron chi connectivity index (χ4n) is 2.93. The number of nitrogens with one attached hydrogen (secondary N) is 2. The van der Waals surface area contributed by atoms with E-state index in [1.807, 2.05) is 48.2 Å². The van der Waals surface area contributed by atoms with Crippen LogP contribution >= 0.6 is 22.6 Å². The second kappa shape index (κ2) is 9.88. The molecule has 2 heterocycles. The number of ether oxygens (including phenoxy) is 1. The zero-order valence-electron chi connectivity index (χ0n) is 16.9. The SMILES string of the molecule is Cc1ccc(Nc2nc(NN=Cc3cc(I)ccc3O)nc(N3CCOCC3)n2)cc1.